The maximum atomic E-state index is 11.9. The molecule has 3 amide bonds. The third-order valence-electron chi connectivity index (χ3n) is 3.97. The Morgan fingerprint density at radius 3 is 2.27 bits per heavy atom. The molecule has 0 saturated carbocycles. The Morgan fingerprint density at radius 1 is 0.900 bits per heavy atom. The average Bonchev–Trinajstić information content (AvgIpc) is 2.75. The molecular weight excluding hydrogens is 400 g/mol. The van der Waals surface area contributed by atoms with Gasteiger partial charge in [-0.1, -0.05) is 60.2 Å². The highest BCUT2D eigenvalue weighted by atomic mass is 32.1. The monoisotopic (exact) mass is 424 g/mol. The largest absolute Gasteiger partial charge is 0.352 e. The molecule has 0 unspecified atom stereocenters. The van der Waals surface area contributed by atoms with Gasteiger partial charge in [-0.3, -0.25) is 30.6 Å². The molecule has 0 spiro atoms. The fourth-order valence-electron chi connectivity index (χ4n) is 2.34. The van der Waals surface area contributed by atoms with Gasteiger partial charge in [-0.05, 0) is 36.3 Å². The van der Waals surface area contributed by atoms with Crippen LogP contribution in [0.2, 0.25) is 0 Å². The molecule has 0 heterocycles. The molecule has 0 aliphatic carbocycles. The Morgan fingerprint density at radius 2 is 1.57 bits per heavy atom. The van der Waals surface area contributed by atoms with E-state index >= 15 is 0 Å². The van der Waals surface area contributed by atoms with Crippen LogP contribution in [0.4, 0.5) is 0 Å². The van der Waals surface area contributed by atoms with Gasteiger partial charge in [-0.15, -0.1) is 0 Å². The summed E-state index contributed by atoms with van der Waals surface area (Å²) in [5, 5.41) is 5.12. The van der Waals surface area contributed by atoms with E-state index in [1.807, 2.05) is 61.5 Å². The molecular formula is C22H24N4O3S. The minimum Gasteiger partial charge on any atom is -0.352 e. The van der Waals surface area contributed by atoms with Crippen LogP contribution in [0.25, 0.3) is 6.08 Å². The van der Waals surface area contributed by atoms with Crippen LogP contribution in [-0.2, 0) is 20.9 Å². The van der Waals surface area contributed by atoms with E-state index in [2.05, 4.69) is 21.5 Å². The van der Waals surface area contributed by atoms with Crippen molar-refractivity contribution in [3.05, 3.63) is 77.4 Å². The number of thiocarbonyl (C=S) groups is 1. The smallest absolute Gasteiger partial charge is 0.250 e. The van der Waals surface area contributed by atoms with Crippen molar-refractivity contribution in [1.29, 1.82) is 0 Å². The van der Waals surface area contributed by atoms with Gasteiger partial charge < -0.3 is 5.32 Å². The van der Waals surface area contributed by atoms with Gasteiger partial charge in [0.1, 0.15) is 0 Å². The Bertz CT molecular complexity index is 912. The maximum absolute atomic E-state index is 11.9. The van der Waals surface area contributed by atoms with Gasteiger partial charge in [0.15, 0.2) is 5.11 Å². The third kappa shape index (κ3) is 9.11. The molecule has 0 aliphatic rings. The van der Waals surface area contributed by atoms with Crippen molar-refractivity contribution in [3.8, 4) is 0 Å². The van der Waals surface area contributed by atoms with Crippen LogP contribution in [0.1, 0.15) is 29.5 Å². The molecule has 0 atom stereocenters. The molecule has 0 fully saturated rings. The normalized spacial score (nSPS) is 10.3. The van der Waals surface area contributed by atoms with Crippen molar-refractivity contribution in [2.45, 2.75) is 26.3 Å². The molecule has 0 saturated heterocycles. The standard InChI is InChI=1S/C22H24N4O3S/c1-16-7-9-17(10-8-16)11-12-20(28)24-22(30)26-25-21(29)14-13-19(27)23-15-18-5-3-2-4-6-18/h2-12H,13-15H2,1H3,(H,23,27)(H,25,29)(H2,24,26,28,30)/b12-11+. The van der Waals surface area contributed by atoms with Crippen LogP contribution in [-0.4, -0.2) is 22.8 Å². The van der Waals surface area contributed by atoms with E-state index in [1.54, 1.807) is 6.08 Å². The number of nitrogens with one attached hydrogen (secondary N) is 4. The van der Waals surface area contributed by atoms with Crippen molar-refractivity contribution in [2.75, 3.05) is 0 Å². The lowest BCUT2D eigenvalue weighted by molar-refractivity contribution is -0.126. The molecule has 30 heavy (non-hydrogen) atoms. The second kappa shape index (κ2) is 12.1. The zero-order chi connectivity index (χ0) is 21.8. The van der Waals surface area contributed by atoms with E-state index < -0.39 is 11.8 Å². The first kappa shape index (κ1) is 22.8. The summed E-state index contributed by atoms with van der Waals surface area (Å²) in [6.07, 6.45) is 3.03. The first-order valence-electron chi connectivity index (χ1n) is 9.37. The highest BCUT2D eigenvalue weighted by molar-refractivity contribution is 7.80. The lowest BCUT2D eigenvalue weighted by Gasteiger charge is -2.10. The Labute approximate surface area is 180 Å². The van der Waals surface area contributed by atoms with E-state index in [1.165, 1.54) is 6.08 Å². The summed E-state index contributed by atoms with van der Waals surface area (Å²) < 4.78 is 0. The second-order valence-corrected chi connectivity index (χ2v) is 6.91. The predicted octanol–water partition coefficient (Wildman–Crippen LogP) is 2.13. The number of hydrazine groups is 1. The minimum atomic E-state index is -0.428. The van der Waals surface area contributed by atoms with Gasteiger partial charge in [-0.2, -0.15) is 0 Å². The molecule has 2 aromatic rings. The Kier molecular flexibility index (Phi) is 9.20. The van der Waals surface area contributed by atoms with Gasteiger partial charge >= 0.3 is 0 Å². The summed E-state index contributed by atoms with van der Waals surface area (Å²) in [6, 6.07) is 17.2. The molecule has 0 aliphatic heterocycles. The topological polar surface area (TPSA) is 99.3 Å². The quantitative estimate of drug-likeness (QED) is 0.310. The van der Waals surface area contributed by atoms with Crippen LogP contribution in [0.5, 0.6) is 0 Å². The molecule has 0 radical (unpaired) electrons. The number of aryl methyl sites for hydroxylation is 1. The van der Waals surface area contributed by atoms with Crippen LogP contribution in [0.15, 0.2) is 60.7 Å². The molecule has 156 valence electrons. The number of hydrogen-bond acceptors (Lipinski definition) is 4. The molecule has 0 bridgehead atoms. The van der Waals surface area contributed by atoms with Gasteiger partial charge in [-0.25, -0.2) is 0 Å². The Hall–Kier alpha value is -3.52. The van der Waals surface area contributed by atoms with Gasteiger partial charge in [0.05, 0.1) is 0 Å². The maximum Gasteiger partial charge on any atom is 0.250 e. The zero-order valence-corrected chi connectivity index (χ0v) is 17.4. The molecule has 2 aromatic carbocycles. The lowest BCUT2D eigenvalue weighted by Crippen LogP contribution is -2.48. The van der Waals surface area contributed by atoms with Crippen molar-refractivity contribution >= 4 is 41.1 Å². The van der Waals surface area contributed by atoms with Crippen molar-refractivity contribution in [2.24, 2.45) is 0 Å². The van der Waals surface area contributed by atoms with Crippen molar-refractivity contribution < 1.29 is 14.4 Å². The lowest BCUT2D eigenvalue weighted by atomic mass is 10.1. The van der Waals surface area contributed by atoms with E-state index in [9.17, 15) is 14.4 Å². The molecule has 4 N–H and O–H groups in total. The first-order valence-corrected chi connectivity index (χ1v) is 9.78. The summed E-state index contributed by atoms with van der Waals surface area (Å²) in [7, 11) is 0. The van der Waals surface area contributed by atoms with Crippen LogP contribution < -0.4 is 21.5 Å². The summed E-state index contributed by atoms with van der Waals surface area (Å²) in [5.74, 6) is -1.08. The number of benzene rings is 2. The number of amides is 3. The SMILES string of the molecule is Cc1ccc(/C=C/C(=O)NC(=S)NNC(=O)CCC(=O)NCc2ccccc2)cc1. The predicted molar refractivity (Wildman–Crippen MR) is 120 cm³/mol. The summed E-state index contributed by atoms with van der Waals surface area (Å²) in [4.78, 5) is 35.5. The highest BCUT2D eigenvalue weighted by Crippen LogP contribution is 2.04. The first-order chi connectivity index (χ1) is 14.4. The zero-order valence-electron chi connectivity index (χ0n) is 16.6. The summed E-state index contributed by atoms with van der Waals surface area (Å²) >= 11 is 4.96. The van der Waals surface area contributed by atoms with Crippen molar-refractivity contribution in [3.63, 3.8) is 0 Å². The summed E-state index contributed by atoms with van der Waals surface area (Å²) in [6.45, 7) is 2.39. The Balaban J connectivity index is 1.61. The molecule has 0 aromatic heterocycles. The molecule has 2 rings (SSSR count). The highest BCUT2D eigenvalue weighted by Gasteiger charge is 2.08. The van der Waals surface area contributed by atoms with Gasteiger partial charge in [0.2, 0.25) is 17.7 Å². The van der Waals surface area contributed by atoms with Crippen molar-refractivity contribution in [1.82, 2.24) is 21.5 Å². The molecule has 8 heteroatoms. The van der Waals surface area contributed by atoms with Crippen LogP contribution in [0.3, 0.4) is 0 Å². The summed E-state index contributed by atoms with van der Waals surface area (Å²) in [5.41, 5.74) is 7.78. The van der Waals surface area contributed by atoms with Gasteiger partial charge in [0, 0.05) is 25.5 Å². The fourth-order valence-corrected chi connectivity index (χ4v) is 2.49. The van der Waals surface area contributed by atoms with E-state index in [4.69, 9.17) is 12.2 Å². The third-order valence-corrected chi connectivity index (χ3v) is 4.17. The number of rotatable bonds is 7. The fraction of sp³-hybridized carbons (Fsp3) is 0.182. The van der Waals surface area contributed by atoms with E-state index in [0.717, 1.165) is 16.7 Å². The average molecular weight is 425 g/mol. The number of carbonyl (C=O) groups excluding carboxylic acids is 3. The van der Waals surface area contributed by atoms with Gasteiger partial charge in [0.25, 0.3) is 0 Å². The number of hydrogen-bond donors (Lipinski definition) is 4. The second-order valence-electron chi connectivity index (χ2n) is 6.50. The minimum absolute atomic E-state index is 0.0164. The van der Waals surface area contributed by atoms with E-state index in [-0.39, 0.29) is 23.9 Å². The van der Waals surface area contributed by atoms with Crippen LogP contribution in [0, 0.1) is 6.92 Å². The number of carbonyl (C=O) groups is 3. The van der Waals surface area contributed by atoms with E-state index in [0.29, 0.717) is 6.54 Å². The van der Waals surface area contributed by atoms with Crippen LogP contribution >= 0.6 is 12.2 Å². The molecule has 7 nitrogen and oxygen atoms in total.